The Kier molecular flexibility index (Phi) is 5.58. The van der Waals surface area contributed by atoms with Crippen LogP contribution in [0.1, 0.15) is 32.6 Å². The van der Waals surface area contributed by atoms with Crippen LogP contribution in [0.4, 0.5) is 0 Å². The number of nitrogens with zero attached hydrogens (tertiary/aromatic N) is 1. The molecule has 6 heteroatoms. The number of nitrogens with two attached hydrogens (primary N) is 1. The normalized spacial score (nSPS) is 26.4. The Bertz CT molecular complexity index is 352. The van der Waals surface area contributed by atoms with E-state index in [9.17, 15) is 13.5 Å². The highest BCUT2D eigenvalue weighted by Gasteiger charge is 2.30. The maximum absolute atomic E-state index is 11.4. The lowest BCUT2D eigenvalue weighted by molar-refractivity contribution is 0.170. The third-order valence-electron chi connectivity index (χ3n) is 4.04. The summed E-state index contributed by atoms with van der Waals surface area (Å²) in [5.41, 5.74) is 5.53. The summed E-state index contributed by atoms with van der Waals surface area (Å²) in [6.45, 7) is 2.81. The zero-order valence-corrected chi connectivity index (χ0v) is 12.2. The van der Waals surface area contributed by atoms with Crippen LogP contribution in [-0.4, -0.2) is 61.7 Å². The fraction of sp³-hybridized carbons (Fsp3) is 1.00. The van der Waals surface area contributed by atoms with Crippen molar-refractivity contribution in [1.82, 2.24) is 4.90 Å². The molecule has 0 amide bonds. The molecule has 0 radical (unpaired) electrons. The van der Waals surface area contributed by atoms with Gasteiger partial charge >= 0.3 is 0 Å². The largest absolute Gasteiger partial charge is 0.394 e. The van der Waals surface area contributed by atoms with E-state index in [0.29, 0.717) is 5.75 Å². The SMILES string of the molecule is CCC(N)(CO)CCCN(C)C1CCS(=O)(=O)C1. The van der Waals surface area contributed by atoms with Crippen LogP contribution >= 0.6 is 0 Å². The number of rotatable bonds is 7. The van der Waals surface area contributed by atoms with Gasteiger partial charge in [-0.1, -0.05) is 6.92 Å². The zero-order valence-electron chi connectivity index (χ0n) is 11.4. The van der Waals surface area contributed by atoms with Crippen molar-refractivity contribution < 1.29 is 13.5 Å². The van der Waals surface area contributed by atoms with Crippen molar-refractivity contribution in [3.8, 4) is 0 Å². The van der Waals surface area contributed by atoms with Crippen LogP contribution in [0.15, 0.2) is 0 Å². The molecule has 1 aliphatic heterocycles. The first-order valence-electron chi connectivity index (χ1n) is 6.62. The summed E-state index contributed by atoms with van der Waals surface area (Å²) in [7, 11) is -0.843. The number of aliphatic hydroxyl groups is 1. The molecule has 0 aliphatic carbocycles. The molecule has 5 nitrogen and oxygen atoms in total. The molecule has 1 saturated heterocycles. The molecule has 1 fully saturated rings. The third kappa shape index (κ3) is 4.50. The van der Waals surface area contributed by atoms with Gasteiger partial charge in [0.15, 0.2) is 9.84 Å². The predicted molar refractivity (Wildman–Crippen MR) is 73.2 cm³/mol. The van der Waals surface area contributed by atoms with Crippen molar-refractivity contribution in [3.05, 3.63) is 0 Å². The molecule has 0 aromatic carbocycles. The van der Waals surface area contributed by atoms with Crippen LogP contribution in [0.2, 0.25) is 0 Å². The molecule has 0 saturated carbocycles. The van der Waals surface area contributed by atoms with Gasteiger partial charge in [-0.05, 0) is 39.3 Å². The number of aliphatic hydroxyl groups excluding tert-OH is 1. The Morgan fingerprint density at radius 1 is 1.50 bits per heavy atom. The highest BCUT2D eigenvalue weighted by atomic mass is 32.2. The van der Waals surface area contributed by atoms with Gasteiger partial charge in [0.2, 0.25) is 0 Å². The second kappa shape index (κ2) is 6.32. The molecule has 2 atom stereocenters. The van der Waals surface area contributed by atoms with Crippen molar-refractivity contribution >= 4 is 9.84 Å². The number of sulfone groups is 1. The van der Waals surface area contributed by atoms with Crippen LogP contribution in [0.25, 0.3) is 0 Å². The molecule has 0 spiro atoms. The maximum atomic E-state index is 11.4. The van der Waals surface area contributed by atoms with Gasteiger partial charge in [-0.15, -0.1) is 0 Å². The van der Waals surface area contributed by atoms with Crippen molar-refractivity contribution in [1.29, 1.82) is 0 Å². The fourth-order valence-corrected chi connectivity index (χ4v) is 4.16. The van der Waals surface area contributed by atoms with E-state index in [1.165, 1.54) is 0 Å². The average Bonchev–Trinajstić information content (AvgIpc) is 2.69. The molecular formula is C12H26N2O3S. The minimum Gasteiger partial charge on any atom is -0.394 e. The summed E-state index contributed by atoms with van der Waals surface area (Å²) < 4.78 is 22.8. The molecule has 108 valence electrons. The first-order chi connectivity index (χ1) is 8.32. The van der Waals surface area contributed by atoms with Crippen molar-refractivity contribution in [2.24, 2.45) is 5.73 Å². The van der Waals surface area contributed by atoms with Gasteiger partial charge in [0, 0.05) is 11.6 Å². The Morgan fingerprint density at radius 3 is 2.61 bits per heavy atom. The molecule has 0 bridgehead atoms. The highest BCUT2D eigenvalue weighted by molar-refractivity contribution is 7.91. The van der Waals surface area contributed by atoms with E-state index in [1.54, 1.807) is 0 Å². The van der Waals surface area contributed by atoms with Crippen LogP contribution in [-0.2, 0) is 9.84 Å². The average molecular weight is 278 g/mol. The van der Waals surface area contributed by atoms with Crippen molar-refractivity contribution in [3.63, 3.8) is 0 Å². The second-order valence-electron chi connectivity index (χ2n) is 5.52. The topological polar surface area (TPSA) is 83.6 Å². The second-order valence-corrected chi connectivity index (χ2v) is 7.74. The predicted octanol–water partition coefficient (Wildman–Crippen LogP) is -0.0147. The summed E-state index contributed by atoms with van der Waals surface area (Å²) in [5.74, 6) is 0.597. The fourth-order valence-electron chi connectivity index (χ4n) is 2.35. The quantitative estimate of drug-likeness (QED) is 0.684. The van der Waals surface area contributed by atoms with E-state index < -0.39 is 15.4 Å². The first-order valence-corrected chi connectivity index (χ1v) is 8.44. The minimum absolute atomic E-state index is 0.00498. The molecule has 3 N–H and O–H groups in total. The third-order valence-corrected chi connectivity index (χ3v) is 5.79. The molecule has 18 heavy (non-hydrogen) atoms. The Hall–Kier alpha value is -0.170. The van der Waals surface area contributed by atoms with Gasteiger partial charge in [-0.25, -0.2) is 8.42 Å². The van der Waals surface area contributed by atoms with Gasteiger partial charge in [0.1, 0.15) is 0 Å². The van der Waals surface area contributed by atoms with E-state index in [1.807, 2.05) is 14.0 Å². The number of hydrogen-bond donors (Lipinski definition) is 2. The molecule has 2 unspecified atom stereocenters. The number of hydrogen-bond acceptors (Lipinski definition) is 5. The summed E-state index contributed by atoms with van der Waals surface area (Å²) in [6, 6.07) is 0.151. The lowest BCUT2D eigenvalue weighted by atomic mass is 9.92. The summed E-state index contributed by atoms with van der Waals surface area (Å²) in [4.78, 5) is 2.11. The van der Waals surface area contributed by atoms with Crippen molar-refractivity contribution in [2.45, 2.75) is 44.2 Å². The lowest BCUT2D eigenvalue weighted by Gasteiger charge is -2.28. The highest BCUT2D eigenvalue weighted by Crippen LogP contribution is 2.18. The summed E-state index contributed by atoms with van der Waals surface area (Å²) in [6.07, 6.45) is 3.15. The van der Waals surface area contributed by atoms with Gasteiger partial charge < -0.3 is 15.7 Å². The molecule has 1 heterocycles. The van der Waals surface area contributed by atoms with Gasteiger partial charge in [-0.3, -0.25) is 0 Å². The van der Waals surface area contributed by atoms with E-state index in [4.69, 9.17) is 5.73 Å². The molecule has 0 aromatic heterocycles. The van der Waals surface area contributed by atoms with E-state index in [2.05, 4.69) is 4.90 Å². The molecule has 0 aromatic rings. The maximum Gasteiger partial charge on any atom is 0.151 e. The first kappa shape index (κ1) is 15.9. The lowest BCUT2D eigenvalue weighted by Crippen LogP contribution is -2.44. The standard InChI is InChI=1S/C12H26N2O3S/c1-3-12(13,10-15)6-4-7-14(2)11-5-8-18(16,17)9-11/h11,15H,3-10,13H2,1-2H3. The minimum atomic E-state index is -2.81. The Morgan fingerprint density at radius 2 is 2.17 bits per heavy atom. The summed E-state index contributed by atoms with van der Waals surface area (Å²) >= 11 is 0. The van der Waals surface area contributed by atoms with E-state index in [-0.39, 0.29) is 18.4 Å². The molecule has 1 aliphatic rings. The van der Waals surface area contributed by atoms with Gasteiger partial charge in [-0.2, -0.15) is 0 Å². The monoisotopic (exact) mass is 278 g/mol. The smallest absolute Gasteiger partial charge is 0.151 e. The van der Waals surface area contributed by atoms with Crippen molar-refractivity contribution in [2.75, 3.05) is 31.7 Å². The van der Waals surface area contributed by atoms with Crippen LogP contribution < -0.4 is 5.73 Å². The van der Waals surface area contributed by atoms with Crippen LogP contribution in [0.3, 0.4) is 0 Å². The molecule has 1 rings (SSSR count). The van der Waals surface area contributed by atoms with Crippen LogP contribution in [0, 0.1) is 0 Å². The van der Waals surface area contributed by atoms with Gasteiger partial charge in [0.05, 0.1) is 18.1 Å². The Balaban J connectivity index is 2.32. The summed E-state index contributed by atoms with van der Waals surface area (Å²) in [5, 5.41) is 9.21. The Labute approximate surface area is 110 Å². The van der Waals surface area contributed by atoms with E-state index in [0.717, 1.165) is 32.2 Å². The zero-order chi connectivity index (χ0) is 13.8. The van der Waals surface area contributed by atoms with E-state index >= 15 is 0 Å². The van der Waals surface area contributed by atoms with Crippen LogP contribution in [0.5, 0.6) is 0 Å². The molecular weight excluding hydrogens is 252 g/mol. The van der Waals surface area contributed by atoms with Gasteiger partial charge in [0.25, 0.3) is 0 Å².